The number of benzene rings is 2. The van der Waals surface area contributed by atoms with Gasteiger partial charge < -0.3 is 5.73 Å². The van der Waals surface area contributed by atoms with Crippen molar-refractivity contribution in [2.75, 3.05) is 0 Å². The van der Waals surface area contributed by atoms with Crippen molar-refractivity contribution in [1.82, 2.24) is 0 Å². The van der Waals surface area contributed by atoms with Gasteiger partial charge in [0.2, 0.25) is 0 Å². The molecule has 2 aromatic rings. The van der Waals surface area contributed by atoms with Crippen LogP contribution < -0.4 is 5.73 Å². The second kappa shape index (κ2) is 5.36. The molecule has 0 saturated heterocycles. The monoisotopic (exact) mass is 239 g/mol. The first kappa shape index (κ1) is 12.8. The fourth-order valence-corrected chi connectivity index (χ4v) is 2.18. The van der Waals surface area contributed by atoms with E-state index >= 15 is 0 Å². The van der Waals surface area contributed by atoms with Crippen LogP contribution in [0.5, 0.6) is 0 Å². The van der Waals surface area contributed by atoms with Gasteiger partial charge in [-0.05, 0) is 40.7 Å². The zero-order valence-electron chi connectivity index (χ0n) is 11.4. The minimum absolute atomic E-state index is 0.564. The molecule has 18 heavy (non-hydrogen) atoms. The first-order valence-corrected chi connectivity index (χ1v) is 6.51. The van der Waals surface area contributed by atoms with Gasteiger partial charge >= 0.3 is 0 Å². The third-order valence-electron chi connectivity index (χ3n) is 3.45. The molecule has 0 amide bonds. The summed E-state index contributed by atoms with van der Waals surface area (Å²) in [4.78, 5) is 0. The molecular formula is C17H21N. The molecule has 0 aliphatic rings. The molecule has 0 aromatic heterocycles. The maximum absolute atomic E-state index is 5.70. The minimum Gasteiger partial charge on any atom is -0.326 e. The molecular weight excluding hydrogens is 218 g/mol. The highest BCUT2D eigenvalue weighted by atomic mass is 14.5. The maximum Gasteiger partial charge on any atom is 0.0180 e. The second-order valence-corrected chi connectivity index (χ2v) is 5.13. The average Bonchev–Trinajstić information content (AvgIpc) is 2.38. The molecule has 0 radical (unpaired) electrons. The van der Waals surface area contributed by atoms with Crippen LogP contribution >= 0.6 is 0 Å². The highest BCUT2D eigenvalue weighted by molar-refractivity contribution is 5.65. The van der Waals surface area contributed by atoms with E-state index in [1.54, 1.807) is 0 Å². The lowest BCUT2D eigenvalue weighted by Crippen LogP contribution is -1.98. The van der Waals surface area contributed by atoms with Gasteiger partial charge in [-0.2, -0.15) is 0 Å². The van der Waals surface area contributed by atoms with Gasteiger partial charge in [-0.15, -0.1) is 0 Å². The molecule has 2 aromatic carbocycles. The molecule has 0 saturated carbocycles. The number of hydrogen-bond acceptors (Lipinski definition) is 1. The van der Waals surface area contributed by atoms with Crippen LogP contribution in [-0.4, -0.2) is 0 Å². The Morgan fingerprint density at radius 2 is 1.72 bits per heavy atom. The van der Waals surface area contributed by atoms with Gasteiger partial charge in [0.05, 0.1) is 0 Å². The Morgan fingerprint density at radius 1 is 1.00 bits per heavy atom. The Kier molecular flexibility index (Phi) is 3.83. The highest BCUT2D eigenvalue weighted by Crippen LogP contribution is 2.25. The fraction of sp³-hybridized carbons (Fsp3) is 0.294. The van der Waals surface area contributed by atoms with Crippen LogP contribution in [0.3, 0.4) is 0 Å². The normalized spacial score (nSPS) is 10.9. The van der Waals surface area contributed by atoms with Gasteiger partial charge in [-0.3, -0.25) is 0 Å². The van der Waals surface area contributed by atoms with Crippen LogP contribution in [-0.2, 0) is 6.54 Å². The number of rotatable bonds is 3. The van der Waals surface area contributed by atoms with E-state index in [0.29, 0.717) is 12.5 Å². The molecule has 2 N–H and O–H groups in total. The molecule has 1 nitrogen and oxygen atoms in total. The Hall–Kier alpha value is -1.60. The molecule has 0 bridgehead atoms. The van der Waals surface area contributed by atoms with Gasteiger partial charge in [0.15, 0.2) is 0 Å². The van der Waals surface area contributed by atoms with Crippen molar-refractivity contribution >= 4 is 0 Å². The smallest absolute Gasteiger partial charge is 0.0180 e. The second-order valence-electron chi connectivity index (χ2n) is 5.13. The zero-order chi connectivity index (χ0) is 13.1. The Balaban J connectivity index is 2.42. The highest BCUT2D eigenvalue weighted by Gasteiger charge is 2.04. The predicted octanol–water partition coefficient (Wildman–Crippen LogP) is 4.24. The van der Waals surface area contributed by atoms with E-state index in [1.165, 1.54) is 27.8 Å². The SMILES string of the molecule is Cc1cc(-c2cccc(C(C)C)c2)ccc1CN. The summed E-state index contributed by atoms with van der Waals surface area (Å²) in [5.41, 5.74) is 12.1. The van der Waals surface area contributed by atoms with Gasteiger partial charge in [-0.1, -0.05) is 56.3 Å². The topological polar surface area (TPSA) is 26.0 Å². The molecule has 0 heterocycles. The third-order valence-corrected chi connectivity index (χ3v) is 3.45. The van der Waals surface area contributed by atoms with Crippen LogP contribution in [0.25, 0.3) is 11.1 Å². The van der Waals surface area contributed by atoms with Gasteiger partial charge in [-0.25, -0.2) is 0 Å². The van der Waals surface area contributed by atoms with Gasteiger partial charge in [0.25, 0.3) is 0 Å². The summed E-state index contributed by atoms with van der Waals surface area (Å²) < 4.78 is 0. The van der Waals surface area contributed by atoms with E-state index in [4.69, 9.17) is 5.73 Å². The molecule has 2 rings (SSSR count). The molecule has 0 aliphatic heterocycles. The lowest BCUT2D eigenvalue weighted by atomic mass is 9.95. The van der Waals surface area contributed by atoms with Crippen molar-refractivity contribution in [3.63, 3.8) is 0 Å². The number of aryl methyl sites for hydroxylation is 1. The summed E-state index contributed by atoms with van der Waals surface area (Å²) in [7, 11) is 0. The third kappa shape index (κ3) is 2.62. The van der Waals surface area contributed by atoms with Crippen LogP contribution in [0.1, 0.15) is 36.5 Å². The largest absolute Gasteiger partial charge is 0.326 e. The first-order chi connectivity index (χ1) is 8.61. The molecule has 1 heteroatoms. The summed E-state index contributed by atoms with van der Waals surface area (Å²) >= 11 is 0. The summed E-state index contributed by atoms with van der Waals surface area (Å²) in [5, 5.41) is 0. The van der Waals surface area contributed by atoms with E-state index in [9.17, 15) is 0 Å². The average molecular weight is 239 g/mol. The van der Waals surface area contributed by atoms with Crippen LogP contribution in [0.2, 0.25) is 0 Å². The van der Waals surface area contributed by atoms with Crippen molar-refractivity contribution < 1.29 is 0 Å². The zero-order valence-corrected chi connectivity index (χ0v) is 11.4. The molecule has 0 aliphatic carbocycles. The van der Waals surface area contributed by atoms with Crippen LogP contribution in [0, 0.1) is 6.92 Å². The summed E-state index contributed by atoms with van der Waals surface area (Å²) in [6, 6.07) is 15.3. The summed E-state index contributed by atoms with van der Waals surface area (Å²) in [6.07, 6.45) is 0. The van der Waals surface area contributed by atoms with Crippen molar-refractivity contribution in [3.8, 4) is 11.1 Å². The lowest BCUT2D eigenvalue weighted by Gasteiger charge is -2.10. The minimum atomic E-state index is 0.564. The Bertz CT molecular complexity index is 541. The molecule has 0 fully saturated rings. The lowest BCUT2D eigenvalue weighted by molar-refractivity contribution is 0.867. The quantitative estimate of drug-likeness (QED) is 0.851. The molecule has 0 spiro atoms. The molecule has 94 valence electrons. The number of hydrogen-bond donors (Lipinski definition) is 1. The van der Waals surface area contributed by atoms with Crippen molar-refractivity contribution in [1.29, 1.82) is 0 Å². The Morgan fingerprint density at radius 3 is 2.33 bits per heavy atom. The summed E-state index contributed by atoms with van der Waals surface area (Å²) in [5.74, 6) is 0.564. The number of nitrogens with two attached hydrogens (primary N) is 1. The van der Waals surface area contributed by atoms with Crippen LogP contribution in [0.4, 0.5) is 0 Å². The van der Waals surface area contributed by atoms with Crippen molar-refractivity contribution in [2.24, 2.45) is 5.73 Å². The molecule has 0 atom stereocenters. The first-order valence-electron chi connectivity index (χ1n) is 6.51. The maximum atomic E-state index is 5.70. The van der Waals surface area contributed by atoms with E-state index < -0.39 is 0 Å². The van der Waals surface area contributed by atoms with Crippen molar-refractivity contribution in [2.45, 2.75) is 33.2 Å². The Labute approximate surface area is 110 Å². The van der Waals surface area contributed by atoms with Crippen LogP contribution in [0.15, 0.2) is 42.5 Å². The molecule has 0 unspecified atom stereocenters. The van der Waals surface area contributed by atoms with E-state index in [0.717, 1.165) is 0 Å². The van der Waals surface area contributed by atoms with Crippen molar-refractivity contribution in [3.05, 3.63) is 59.2 Å². The standard InChI is InChI=1S/C17H21N/c1-12(2)14-5-4-6-15(10-14)16-7-8-17(11-18)13(3)9-16/h4-10,12H,11,18H2,1-3H3. The van der Waals surface area contributed by atoms with Gasteiger partial charge in [0, 0.05) is 6.54 Å². The van der Waals surface area contributed by atoms with E-state index in [1.807, 2.05) is 0 Å². The predicted molar refractivity (Wildman–Crippen MR) is 78.6 cm³/mol. The fourth-order valence-electron chi connectivity index (χ4n) is 2.18. The van der Waals surface area contributed by atoms with E-state index in [2.05, 4.69) is 63.2 Å². The van der Waals surface area contributed by atoms with E-state index in [-0.39, 0.29) is 0 Å². The summed E-state index contributed by atoms with van der Waals surface area (Å²) in [6.45, 7) is 7.18. The van der Waals surface area contributed by atoms with Gasteiger partial charge in [0.1, 0.15) is 0 Å².